The molecule has 0 heterocycles. The third kappa shape index (κ3) is 5.73. The Morgan fingerprint density at radius 2 is 1.60 bits per heavy atom. The summed E-state index contributed by atoms with van der Waals surface area (Å²) in [6, 6.07) is 16.0. The smallest absolute Gasteiger partial charge is 0.407 e. The molecule has 2 amide bonds. The summed E-state index contributed by atoms with van der Waals surface area (Å²) in [7, 11) is 0. The molecule has 0 saturated heterocycles. The van der Waals surface area contributed by atoms with Crippen molar-refractivity contribution in [2.45, 2.75) is 51.0 Å². The van der Waals surface area contributed by atoms with Gasteiger partial charge in [0.1, 0.15) is 6.61 Å². The van der Waals surface area contributed by atoms with E-state index in [1.807, 2.05) is 24.3 Å². The number of rotatable bonds is 7. The minimum atomic E-state index is -1.01. The number of nitrogens with one attached hydrogen (secondary N) is 2. The van der Waals surface area contributed by atoms with E-state index in [1.54, 1.807) is 0 Å². The Bertz CT molecular complexity index is 1080. The number of carbonyl (C=O) groups excluding carboxylic acids is 2. The molecule has 2 aliphatic carbocycles. The number of carboxylic acids is 1. The van der Waals surface area contributed by atoms with E-state index in [-0.39, 0.29) is 42.5 Å². The van der Waals surface area contributed by atoms with Crippen LogP contribution in [0.4, 0.5) is 4.79 Å². The molecule has 3 N–H and O–H groups in total. The van der Waals surface area contributed by atoms with Crippen molar-refractivity contribution in [3.63, 3.8) is 0 Å². The number of ether oxygens (including phenoxy) is 1. The van der Waals surface area contributed by atoms with Crippen molar-refractivity contribution in [2.24, 2.45) is 5.92 Å². The minimum Gasteiger partial charge on any atom is -0.478 e. The first-order chi connectivity index (χ1) is 17.0. The molecule has 2 aliphatic rings. The maximum atomic E-state index is 12.9. The summed E-state index contributed by atoms with van der Waals surface area (Å²) in [5.41, 5.74) is 4.82. The fraction of sp³-hybridized carbons (Fsp3) is 0.393. The van der Waals surface area contributed by atoms with E-state index < -0.39 is 12.1 Å². The number of carbonyl (C=O) groups is 3. The van der Waals surface area contributed by atoms with Crippen LogP contribution >= 0.6 is 0 Å². The minimum absolute atomic E-state index is 0.0226. The summed E-state index contributed by atoms with van der Waals surface area (Å²) < 4.78 is 5.69. The molecule has 184 valence electrons. The molecular formula is C28H32N2O5. The molecule has 7 nitrogen and oxygen atoms in total. The fourth-order valence-electron chi connectivity index (χ4n) is 5.11. The van der Waals surface area contributed by atoms with Crippen molar-refractivity contribution in [2.75, 3.05) is 13.2 Å². The van der Waals surface area contributed by atoms with Crippen molar-refractivity contribution in [1.29, 1.82) is 0 Å². The number of hydrogen-bond donors (Lipinski definition) is 3. The predicted molar refractivity (Wildman–Crippen MR) is 133 cm³/mol. The van der Waals surface area contributed by atoms with Gasteiger partial charge in [0.05, 0.1) is 5.92 Å². The first-order valence-electron chi connectivity index (χ1n) is 12.2. The van der Waals surface area contributed by atoms with Crippen LogP contribution in [-0.2, 0) is 14.3 Å². The Balaban J connectivity index is 1.38. The zero-order chi connectivity index (χ0) is 24.8. The second-order valence-electron chi connectivity index (χ2n) is 9.26. The van der Waals surface area contributed by atoms with Gasteiger partial charge in [0, 0.05) is 24.1 Å². The summed E-state index contributed by atoms with van der Waals surface area (Å²) >= 11 is 0. The third-order valence-electron chi connectivity index (χ3n) is 7.02. The average Bonchev–Trinajstić information content (AvgIpc) is 2.99. The van der Waals surface area contributed by atoms with Crippen molar-refractivity contribution >= 4 is 18.0 Å². The number of fused-ring (bicyclic) bond motifs is 3. The van der Waals surface area contributed by atoms with Gasteiger partial charge in [0.25, 0.3) is 0 Å². The molecular weight excluding hydrogens is 444 g/mol. The molecule has 4 rings (SSSR count). The van der Waals surface area contributed by atoms with Crippen molar-refractivity contribution in [1.82, 2.24) is 10.6 Å². The number of carboxylic acid groups (broad SMARTS) is 1. The van der Waals surface area contributed by atoms with Gasteiger partial charge in [-0.3, -0.25) is 4.79 Å². The van der Waals surface area contributed by atoms with Crippen LogP contribution in [0, 0.1) is 5.92 Å². The first kappa shape index (κ1) is 24.5. The van der Waals surface area contributed by atoms with Crippen molar-refractivity contribution in [3.05, 3.63) is 71.3 Å². The summed E-state index contributed by atoms with van der Waals surface area (Å²) in [4.78, 5) is 36.6. The molecule has 7 heteroatoms. The van der Waals surface area contributed by atoms with E-state index >= 15 is 0 Å². The zero-order valence-electron chi connectivity index (χ0n) is 20.0. The Hall–Kier alpha value is -3.61. The molecule has 0 spiro atoms. The van der Waals surface area contributed by atoms with Gasteiger partial charge < -0.3 is 20.5 Å². The molecule has 0 unspecified atom stereocenters. The lowest BCUT2D eigenvalue weighted by molar-refractivity contribution is -0.132. The lowest BCUT2D eigenvalue weighted by Crippen LogP contribution is -2.46. The molecule has 0 bridgehead atoms. The first-order valence-corrected chi connectivity index (χ1v) is 12.2. The van der Waals surface area contributed by atoms with E-state index in [0.29, 0.717) is 12.8 Å². The standard InChI is InChI=1S/C28H32N2O5/c1-18(27(32)33)15-16-29-26(31)23-13-3-2-4-14-25(23)30-28(34)35-17-24-21-11-7-5-9-19(21)20-10-6-8-12-22(20)24/h5-12,15,23-25H,2-4,13-14,16-17H2,1H3,(H,29,31)(H,30,34)(H,32,33)/b18-15+/t23-,25+/m1/s1. The highest BCUT2D eigenvalue weighted by Gasteiger charge is 2.32. The number of benzene rings is 2. The maximum absolute atomic E-state index is 12.9. The molecule has 2 aromatic carbocycles. The van der Waals surface area contributed by atoms with Gasteiger partial charge in [0.2, 0.25) is 5.91 Å². The number of hydrogen-bond acceptors (Lipinski definition) is 4. The highest BCUT2D eigenvalue weighted by atomic mass is 16.5. The summed E-state index contributed by atoms with van der Waals surface area (Å²) in [5.74, 6) is -1.59. The summed E-state index contributed by atoms with van der Waals surface area (Å²) in [6.07, 6.45) is 5.17. The van der Waals surface area contributed by atoms with Crippen molar-refractivity contribution < 1.29 is 24.2 Å². The van der Waals surface area contributed by atoms with Gasteiger partial charge in [-0.25, -0.2) is 9.59 Å². The second kappa shape index (κ2) is 11.2. The van der Waals surface area contributed by atoms with Crippen LogP contribution in [0.1, 0.15) is 56.1 Å². The highest BCUT2D eigenvalue weighted by molar-refractivity contribution is 5.86. The topological polar surface area (TPSA) is 105 Å². The Labute approximate surface area is 205 Å². The van der Waals surface area contributed by atoms with Crippen LogP contribution in [-0.4, -0.2) is 42.3 Å². The van der Waals surface area contributed by atoms with Gasteiger partial charge in [-0.1, -0.05) is 73.9 Å². The zero-order valence-corrected chi connectivity index (χ0v) is 20.0. The quantitative estimate of drug-likeness (QED) is 0.400. The van der Waals surface area contributed by atoms with Crippen LogP contribution in [0.2, 0.25) is 0 Å². The molecule has 35 heavy (non-hydrogen) atoms. The fourth-order valence-corrected chi connectivity index (χ4v) is 5.11. The lowest BCUT2D eigenvalue weighted by atomic mass is 9.94. The Morgan fingerprint density at radius 1 is 0.971 bits per heavy atom. The van der Waals surface area contributed by atoms with Gasteiger partial charge >= 0.3 is 12.1 Å². The molecule has 1 saturated carbocycles. The van der Waals surface area contributed by atoms with E-state index in [2.05, 4.69) is 34.9 Å². The third-order valence-corrected chi connectivity index (χ3v) is 7.02. The predicted octanol–water partition coefficient (Wildman–Crippen LogP) is 4.62. The van der Waals surface area contributed by atoms with Crippen molar-refractivity contribution in [3.8, 4) is 11.1 Å². The van der Waals surface area contributed by atoms with E-state index in [4.69, 9.17) is 9.84 Å². The molecule has 2 aromatic rings. The monoisotopic (exact) mass is 476 g/mol. The molecule has 0 aliphatic heterocycles. The summed E-state index contributed by atoms with van der Waals surface area (Å²) in [6.45, 7) is 1.86. The Morgan fingerprint density at radius 3 is 2.26 bits per heavy atom. The van der Waals surface area contributed by atoms with E-state index in [0.717, 1.165) is 30.4 Å². The van der Waals surface area contributed by atoms with Gasteiger partial charge in [-0.2, -0.15) is 0 Å². The lowest BCUT2D eigenvalue weighted by Gasteiger charge is -2.25. The largest absolute Gasteiger partial charge is 0.478 e. The van der Waals surface area contributed by atoms with Crippen LogP contribution < -0.4 is 10.6 Å². The molecule has 0 radical (unpaired) electrons. The SMILES string of the molecule is C/C(=C\CNC(=O)[C@@H]1CCCCC[C@@H]1NC(=O)OCC1c2ccccc2-c2ccccc21)C(=O)O. The molecule has 1 fully saturated rings. The highest BCUT2D eigenvalue weighted by Crippen LogP contribution is 2.44. The number of alkyl carbamates (subject to hydrolysis) is 1. The van der Waals surface area contributed by atoms with Crippen LogP contribution in [0.15, 0.2) is 60.2 Å². The maximum Gasteiger partial charge on any atom is 0.407 e. The summed E-state index contributed by atoms with van der Waals surface area (Å²) in [5, 5.41) is 14.7. The van der Waals surface area contributed by atoms with Crippen LogP contribution in [0.3, 0.4) is 0 Å². The average molecular weight is 477 g/mol. The van der Waals surface area contributed by atoms with E-state index in [9.17, 15) is 14.4 Å². The normalized spacial score (nSPS) is 19.7. The molecule has 0 aromatic heterocycles. The van der Waals surface area contributed by atoms with E-state index in [1.165, 1.54) is 24.1 Å². The van der Waals surface area contributed by atoms with Gasteiger partial charge in [-0.15, -0.1) is 0 Å². The van der Waals surface area contributed by atoms with Gasteiger partial charge in [-0.05, 0) is 42.0 Å². The van der Waals surface area contributed by atoms with Gasteiger partial charge in [0.15, 0.2) is 0 Å². The Kier molecular flexibility index (Phi) is 7.85. The molecule has 2 atom stereocenters. The number of aliphatic carboxylic acids is 1. The van der Waals surface area contributed by atoms with Crippen LogP contribution in [0.25, 0.3) is 11.1 Å². The van der Waals surface area contributed by atoms with Crippen LogP contribution in [0.5, 0.6) is 0 Å². The second-order valence-corrected chi connectivity index (χ2v) is 9.26. The number of amides is 2.